The molecule has 1 rings (SSSR count). The van der Waals surface area contributed by atoms with Crippen LogP contribution in [0.4, 0.5) is 13.2 Å². The van der Waals surface area contributed by atoms with Crippen LogP contribution in [0.1, 0.15) is 0 Å². The minimum atomic E-state index is -4.42. The molecule has 0 aromatic carbocycles. The van der Waals surface area contributed by atoms with Gasteiger partial charge in [0.05, 0.1) is 18.2 Å². The van der Waals surface area contributed by atoms with Crippen molar-refractivity contribution >= 4 is 11.6 Å². The Hall–Kier alpha value is -1.15. The molecular formula is C8H6ClF3N2. The Morgan fingerprint density at radius 2 is 2.21 bits per heavy atom. The highest BCUT2D eigenvalue weighted by Gasteiger charge is 2.34. The lowest BCUT2D eigenvalue weighted by atomic mass is 10.2. The maximum atomic E-state index is 12.2. The number of allylic oxidation sites excluding steroid dienone is 2. The Bertz CT molecular complexity index is 324. The highest BCUT2D eigenvalue weighted by molar-refractivity contribution is 6.30. The first-order valence-corrected chi connectivity index (χ1v) is 4.07. The topological polar surface area (TPSA) is 27.0 Å². The lowest BCUT2D eigenvalue weighted by Gasteiger charge is -2.23. The summed E-state index contributed by atoms with van der Waals surface area (Å²) >= 11 is 5.52. The van der Waals surface area contributed by atoms with Gasteiger partial charge in [-0.1, -0.05) is 11.6 Å². The summed E-state index contributed by atoms with van der Waals surface area (Å²) in [5.41, 5.74) is -0.830. The van der Waals surface area contributed by atoms with Crippen LogP contribution in [-0.4, -0.2) is 24.2 Å². The zero-order chi connectivity index (χ0) is 10.8. The fraction of sp³-hybridized carbons (Fsp3) is 0.375. The van der Waals surface area contributed by atoms with E-state index in [4.69, 9.17) is 16.9 Å². The van der Waals surface area contributed by atoms with Gasteiger partial charge in [-0.15, -0.1) is 0 Å². The normalized spacial score (nSPS) is 17.2. The molecule has 0 saturated heterocycles. The summed E-state index contributed by atoms with van der Waals surface area (Å²) in [6, 6.07) is 1.76. The van der Waals surface area contributed by atoms with Crippen LogP contribution < -0.4 is 0 Å². The molecular weight excluding hydrogens is 217 g/mol. The predicted octanol–water partition coefficient (Wildman–Crippen LogP) is 2.39. The van der Waals surface area contributed by atoms with Gasteiger partial charge >= 0.3 is 6.18 Å². The van der Waals surface area contributed by atoms with Crippen molar-refractivity contribution in [3.63, 3.8) is 0 Å². The number of nitrogens with zero attached hydrogens (tertiary/aromatic N) is 2. The lowest BCUT2D eigenvalue weighted by Crippen LogP contribution is -2.26. The Morgan fingerprint density at radius 1 is 1.57 bits per heavy atom. The molecule has 14 heavy (non-hydrogen) atoms. The van der Waals surface area contributed by atoms with Gasteiger partial charge in [-0.3, -0.25) is 0 Å². The van der Waals surface area contributed by atoms with Crippen LogP contribution in [0.5, 0.6) is 0 Å². The van der Waals surface area contributed by atoms with Crippen LogP contribution in [0, 0.1) is 11.3 Å². The highest BCUT2D eigenvalue weighted by atomic mass is 35.5. The van der Waals surface area contributed by atoms with E-state index in [9.17, 15) is 13.2 Å². The number of rotatable bonds is 1. The molecule has 0 fully saturated rings. The molecule has 0 N–H and O–H groups in total. The maximum absolute atomic E-state index is 12.2. The van der Waals surface area contributed by atoms with Gasteiger partial charge < -0.3 is 4.90 Å². The molecule has 2 nitrogen and oxygen atoms in total. The molecule has 0 atom stereocenters. The summed E-state index contributed by atoms with van der Waals surface area (Å²) < 4.78 is 36.7. The minimum Gasteiger partial charge on any atom is -0.358 e. The molecule has 1 heterocycles. The second kappa shape index (κ2) is 3.93. The standard InChI is InChI=1S/C8H6ClF3N2/c9-7-3-6(8(10,11)12)4-14(5-7)2-1-13/h3-4H,2,5H2. The van der Waals surface area contributed by atoms with Gasteiger partial charge in [-0.2, -0.15) is 18.4 Å². The van der Waals surface area contributed by atoms with E-state index < -0.39 is 11.7 Å². The van der Waals surface area contributed by atoms with Crippen molar-refractivity contribution in [2.45, 2.75) is 6.18 Å². The minimum absolute atomic E-state index is 0.0788. The van der Waals surface area contributed by atoms with Crippen LogP contribution in [0.25, 0.3) is 0 Å². The van der Waals surface area contributed by atoms with Gasteiger partial charge in [0.25, 0.3) is 0 Å². The molecule has 0 spiro atoms. The van der Waals surface area contributed by atoms with E-state index >= 15 is 0 Å². The van der Waals surface area contributed by atoms with E-state index in [-0.39, 0.29) is 18.1 Å². The zero-order valence-electron chi connectivity index (χ0n) is 6.98. The van der Waals surface area contributed by atoms with Crippen LogP contribution in [-0.2, 0) is 0 Å². The first-order valence-electron chi connectivity index (χ1n) is 3.69. The number of hydrogen-bond donors (Lipinski definition) is 0. The fourth-order valence-electron chi connectivity index (χ4n) is 1.04. The van der Waals surface area contributed by atoms with Crippen molar-refractivity contribution < 1.29 is 13.2 Å². The van der Waals surface area contributed by atoms with Gasteiger partial charge in [-0.25, -0.2) is 0 Å². The number of nitriles is 1. The van der Waals surface area contributed by atoms with Crippen LogP contribution in [0.2, 0.25) is 0 Å². The summed E-state index contributed by atoms with van der Waals surface area (Å²) in [6.45, 7) is 0.0400. The average Bonchev–Trinajstić information content (AvgIpc) is 2.02. The zero-order valence-corrected chi connectivity index (χ0v) is 7.73. The van der Waals surface area contributed by atoms with E-state index in [1.807, 2.05) is 0 Å². The van der Waals surface area contributed by atoms with Gasteiger partial charge in [0.15, 0.2) is 0 Å². The van der Waals surface area contributed by atoms with Crippen molar-refractivity contribution in [1.82, 2.24) is 4.90 Å². The van der Waals surface area contributed by atoms with Gasteiger partial charge in [0.1, 0.15) is 6.54 Å². The van der Waals surface area contributed by atoms with E-state index in [1.54, 1.807) is 6.07 Å². The number of hydrogen-bond acceptors (Lipinski definition) is 2. The van der Waals surface area contributed by atoms with Crippen LogP contribution >= 0.6 is 11.6 Å². The molecule has 0 saturated carbocycles. The third-order valence-corrected chi connectivity index (χ3v) is 1.82. The molecule has 0 amide bonds. The molecule has 6 heteroatoms. The van der Waals surface area contributed by atoms with Crippen molar-refractivity contribution in [2.75, 3.05) is 13.1 Å². The van der Waals surface area contributed by atoms with Crippen LogP contribution in [0.3, 0.4) is 0 Å². The molecule has 1 aliphatic rings. The summed E-state index contributed by atoms with van der Waals surface area (Å²) in [7, 11) is 0. The van der Waals surface area contributed by atoms with Gasteiger partial charge in [-0.05, 0) is 6.08 Å². The van der Waals surface area contributed by atoms with Crippen molar-refractivity contribution in [1.29, 1.82) is 5.26 Å². The third kappa shape index (κ3) is 2.67. The molecule has 0 radical (unpaired) electrons. The summed E-state index contributed by atoms with van der Waals surface area (Å²) in [4.78, 5) is 1.21. The Labute approximate surface area is 83.9 Å². The number of alkyl halides is 3. The second-order valence-corrected chi connectivity index (χ2v) is 3.22. The molecule has 0 aromatic heterocycles. The Morgan fingerprint density at radius 3 is 2.71 bits per heavy atom. The molecule has 0 aliphatic carbocycles. The largest absolute Gasteiger partial charge is 0.417 e. The Balaban J connectivity index is 2.89. The first kappa shape index (κ1) is 10.9. The monoisotopic (exact) mass is 222 g/mol. The maximum Gasteiger partial charge on any atom is 0.417 e. The predicted molar refractivity (Wildman–Crippen MR) is 45.3 cm³/mol. The third-order valence-electron chi connectivity index (χ3n) is 1.59. The Kier molecular flexibility index (Phi) is 3.06. The van der Waals surface area contributed by atoms with Crippen LogP contribution in [0.15, 0.2) is 22.9 Å². The van der Waals surface area contributed by atoms with E-state index in [0.717, 1.165) is 12.3 Å². The molecule has 76 valence electrons. The molecule has 1 aliphatic heterocycles. The first-order chi connectivity index (χ1) is 6.43. The molecule has 0 aromatic rings. The van der Waals surface area contributed by atoms with Crippen molar-refractivity contribution in [3.05, 3.63) is 22.9 Å². The molecule has 0 bridgehead atoms. The fourth-order valence-corrected chi connectivity index (χ4v) is 1.31. The van der Waals surface area contributed by atoms with Crippen molar-refractivity contribution in [2.24, 2.45) is 0 Å². The number of halogens is 4. The van der Waals surface area contributed by atoms with E-state index in [2.05, 4.69) is 0 Å². The highest BCUT2D eigenvalue weighted by Crippen LogP contribution is 2.30. The molecule has 0 unspecified atom stereocenters. The van der Waals surface area contributed by atoms with Gasteiger partial charge in [0, 0.05) is 11.2 Å². The second-order valence-electron chi connectivity index (χ2n) is 2.74. The quantitative estimate of drug-likeness (QED) is 0.637. The van der Waals surface area contributed by atoms with Gasteiger partial charge in [0.2, 0.25) is 0 Å². The van der Waals surface area contributed by atoms with E-state index in [1.165, 1.54) is 4.90 Å². The summed E-state index contributed by atoms with van der Waals surface area (Å²) in [5.74, 6) is 0. The average molecular weight is 223 g/mol. The summed E-state index contributed by atoms with van der Waals surface area (Å²) in [6.07, 6.45) is -2.65. The summed E-state index contributed by atoms with van der Waals surface area (Å²) in [5, 5.41) is 8.41. The SMILES string of the molecule is N#CCN1C=C(C(F)(F)F)C=C(Cl)C1. The smallest absolute Gasteiger partial charge is 0.358 e. The lowest BCUT2D eigenvalue weighted by molar-refractivity contribution is -0.0895. The van der Waals surface area contributed by atoms with E-state index in [0.29, 0.717) is 0 Å². The van der Waals surface area contributed by atoms with Crippen molar-refractivity contribution in [3.8, 4) is 6.07 Å².